The van der Waals surface area contributed by atoms with Crippen molar-refractivity contribution in [1.29, 1.82) is 0 Å². The highest BCUT2D eigenvalue weighted by atomic mass is 16.5. The van der Waals surface area contributed by atoms with E-state index in [4.69, 9.17) is 4.74 Å². The van der Waals surface area contributed by atoms with Gasteiger partial charge in [-0.2, -0.15) is 0 Å². The Hall–Kier alpha value is -1.81. The Kier molecular flexibility index (Phi) is 5.39. The molecule has 0 saturated heterocycles. The summed E-state index contributed by atoms with van der Waals surface area (Å²) in [6.45, 7) is 8.37. The maximum atomic E-state index is 5.22. The molecular formula is C17H25N3O. The second kappa shape index (κ2) is 7.27. The quantitative estimate of drug-likeness (QED) is 0.850. The summed E-state index contributed by atoms with van der Waals surface area (Å²) in [5, 5.41) is 3.65. The van der Waals surface area contributed by atoms with Crippen LogP contribution in [0, 0.1) is 12.8 Å². The molecule has 2 aromatic rings. The topological polar surface area (TPSA) is 39.1 Å². The molecule has 0 aliphatic rings. The third kappa shape index (κ3) is 4.08. The lowest BCUT2D eigenvalue weighted by atomic mass is 9.96. The van der Waals surface area contributed by atoms with Gasteiger partial charge in [-0.1, -0.05) is 26.0 Å². The van der Waals surface area contributed by atoms with Gasteiger partial charge in [-0.25, -0.2) is 4.98 Å². The molecule has 1 aromatic carbocycles. The van der Waals surface area contributed by atoms with Crippen molar-refractivity contribution in [2.45, 2.75) is 33.4 Å². The minimum atomic E-state index is 0.347. The van der Waals surface area contributed by atoms with Crippen molar-refractivity contribution in [3.63, 3.8) is 0 Å². The Labute approximate surface area is 127 Å². The zero-order chi connectivity index (χ0) is 15.2. The number of nitrogens with zero attached hydrogens (tertiary/aromatic N) is 2. The average Bonchev–Trinajstić information content (AvgIpc) is 2.89. The van der Waals surface area contributed by atoms with E-state index < -0.39 is 0 Å². The Morgan fingerprint density at radius 1 is 1.24 bits per heavy atom. The van der Waals surface area contributed by atoms with E-state index in [2.05, 4.69) is 40.8 Å². The van der Waals surface area contributed by atoms with Crippen LogP contribution in [0.3, 0.4) is 0 Å². The molecule has 4 heteroatoms. The lowest BCUT2D eigenvalue weighted by molar-refractivity contribution is 0.398. The molecule has 0 saturated carbocycles. The van der Waals surface area contributed by atoms with E-state index in [-0.39, 0.29) is 0 Å². The highest BCUT2D eigenvalue weighted by molar-refractivity contribution is 5.29. The fraction of sp³-hybridized carbons (Fsp3) is 0.471. The second-order valence-electron chi connectivity index (χ2n) is 5.62. The summed E-state index contributed by atoms with van der Waals surface area (Å²) in [6, 6.07) is 8.66. The smallest absolute Gasteiger partial charge is 0.118 e. The molecule has 114 valence electrons. The monoisotopic (exact) mass is 287 g/mol. The van der Waals surface area contributed by atoms with Gasteiger partial charge in [0, 0.05) is 31.5 Å². The molecule has 0 fully saturated rings. The first-order chi connectivity index (χ1) is 10.1. The second-order valence-corrected chi connectivity index (χ2v) is 5.62. The number of methoxy groups -OCH3 is 1. The number of nitrogens with one attached hydrogen (secondary N) is 1. The molecule has 2 rings (SSSR count). The molecule has 0 amide bonds. The molecule has 1 atom stereocenters. The maximum Gasteiger partial charge on any atom is 0.118 e. The van der Waals surface area contributed by atoms with Gasteiger partial charge >= 0.3 is 0 Å². The fourth-order valence-corrected chi connectivity index (χ4v) is 2.53. The number of aromatic nitrogens is 2. The molecule has 1 heterocycles. The van der Waals surface area contributed by atoms with Crippen LogP contribution in [0.4, 0.5) is 0 Å². The molecule has 21 heavy (non-hydrogen) atoms. The van der Waals surface area contributed by atoms with Crippen LogP contribution in [0.2, 0.25) is 0 Å². The first kappa shape index (κ1) is 15.6. The molecule has 1 N–H and O–H groups in total. The van der Waals surface area contributed by atoms with Crippen molar-refractivity contribution >= 4 is 0 Å². The maximum absolute atomic E-state index is 5.22. The standard InChI is InChI=1S/C17H25N3O/c1-13(2)17(15-5-7-16(21-4)8-6-15)19-10-12-20-11-9-18-14(20)3/h5-9,11,13,17,19H,10,12H2,1-4H3/t17-/m1/s1. The highest BCUT2D eigenvalue weighted by Gasteiger charge is 2.15. The van der Waals surface area contributed by atoms with Crippen LogP contribution in [-0.2, 0) is 6.54 Å². The van der Waals surface area contributed by atoms with E-state index in [1.54, 1.807) is 7.11 Å². The number of rotatable bonds is 7. The van der Waals surface area contributed by atoms with Crippen molar-refractivity contribution in [2.24, 2.45) is 5.92 Å². The van der Waals surface area contributed by atoms with Crippen molar-refractivity contribution in [3.8, 4) is 5.75 Å². The highest BCUT2D eigenvalue weighted by Crippen LogP contribution is 2.23. The first-order valence-electron chi connectivity index (χ1n) is 7.47. The molecule has 0 spiro atoms. The molecule has 0 aliphatic carbocycles. The van der Waals surface area contributed by atoms with Crippen LogP contribution in [0.25, 0.3) is 0 Å². The van der Waals surface area contributed by atoms with Gasteiger partial charge in [-0.3, -0.25) is 0 Å². The Morgan fingerprint density at radius 2 is 1.95 bits per heavy atom. The van der Waals surface area contributed by atoms with Crippen molar-refractivity contribution in [2.75, 3.05) is 13.7 Å². The minimum Gasteiger partial charge on any atom is -0.497 e. The van der Waals surface area contributed by atoms with E-state index in [1.165, 1.54) is 5.56 Å². The van der Waals surface area contributed by atoms with Gasteiger partial charge in [0.1, 0.15) is 11.6 Å². The molecule has 0 bridgehead atoms. The summed E-state index contributed by atoms with van der Waals surface area (Å²) in [5.74, 6) is 2.49. The normalized spacial score (nSPS) is 12.6. The Morgan fingerprint density at radius 3 is 2.48 bits per heavy atom. The van der Waals surface area contributed by atoms with E-state index in [0.29, 0.717) is 12.0 Å². The summed E-state index contributed by atoms with van der Waals surface area (Å²) in [6.07, 6.45) is 3.87. The van der Waals surface area contributed by atoms with E-state index >= 15 is 0 Å². The van der Waals surface area contributed by atoms with Crippen LogP contribution in [-0.4, -0.2) is 23.2 Å². The average molecular weight is 287 g/mol. The van der Waals surface area contributed by atoms with Crippen molar-refractivity contribution in [3.05, 3.63) is 48.0 Å². The van der Waals surface area contributed by atoms with Gasteiger partial charge in [0.05, 0.1) is 7.11 Å². The van der Waals surface area contributed by atoms with Gasteiger partial charge in [0.15, 0.2) is 0 Å². The van der Waals surface area contributed by atoms with Gasteiger partial charge in [-0.15, -0.1) is 0 Å². The number of imidazole rings is 1. The van der Waals surface area contributed by atoms with Crippen molar-refractivity contribution in [1.82, 2.24) is 14.9 Å². The molecule has 4 nitrogen and oxygen atoms in total. The number of ether oxygens (including phenoxy) is 1. The molecule has 0 unspecified atom stereocenters. The summed E-state index contributed by atoms with van der Waals surface area (Å²) in [4.78, 5) is 4.25. The van der Waals surface area contributed by atoms with Crippen LogP contribution in [0.1, 0.15) is 31.3 Å². The largest absolute Gasteiger partial charge is 0.497 e. The number of aryl methyl sites for hydroxylation is 1. The first-order valence-corrected chi connectivity index (χ1v) is 7.47. The summed E-state index contributed by atoms with van der Waals surface area (Å²) < 4.78 is 7.39. The molecule has 0 radical (unpaired) electrons. The zero-order valence-electron chi connectivity index (χ0n) is 13.3. The van der Waals surface area contributed by atoms with Crippen LogP contribution < -0.4 is 10.1 Å². The predicted octanol–water partition coefficient (Wildman–Crippen LogP) is 3.19. The molecule has 1 aromatic heterocycles. The fourth-order valence-electron chi connectivity index (χ4n) is 2.53. The lowest BCUT2D eigenvalue weighted by Gasteiger charge is -2.23. The summed E-state index contributed by atoms with van der Waals surface area (Å²) in [7, 11) is 1.70. The van der Waals surface area contributed by atoms with Gasteiger partial charge in [0.2, 0.25) is 0 Å². The third-order valence-corrected chi connectivity index (χ3v) is 3.78. The molecule has 0 aliphatic heterocycles. The van der Waals surface area contributed by atoms with Gasteiger partial charge < -0.3 is 14.6 Å². The Bertz CT molecular complexity index is 545. The predicted molar refractivity (Wildman–Crippen MR) is 85.5 cm³/mol. The van der Waals surface area contributed by atoms with Crippen LogP contribution >= 0.6 is 0 Å². The number of hydrogen-bond acceptors (Lipinski definition) is 3. The zero-order valence-corrected chi connectivity index (χ0v) is 13.3. The minimum absolute atomic E-state index is 0.347. The SMILES string of the molecule is COc1ccc([C@H](NCCn2ccnc2C)C(C)C)cc1. The third-order valence-electron chi connectivity index (χ3n) is 3.78. The van der Waals surface area contributed by atoms with Crippen molar-refractivity contribution < 1.29 is 4.74 Å². The van der Waals surface area contributed by atoms with E-state index in [1.807, 2.05) is 31.5 Å². The van der Waals surface area contributed by atoms with Gasteiger partial charge in [0.25, 0.3) is 0 Å². The Balaban J connectivity index is 1.97. The lowest BCUT2D eigenvalue weighted by Crippen LogP contribution is -2.29. The summed E-state index contributed by atoms with van der Waals surface area (Å²) in [5.41, 5.74) is 1.30. The van der Waals surface area contributed by atoms with Crippen LogP contribution in [0.15, 0.2) is 36.7 Å². The van der Waals surface area contributed by atoms with Gasteiger partial charge in [-0.05, 0) is 30.5 Å². The van der Waals surface area contributed by atoms with Crippen LogP contribution in [0.5, 0.6) is 5.75 Å². The number of benzene rings is 1. The molecular weight excluding hydrogens is 262 g/mol. The van der Waals surface area contributed by atoms with E-state index in [0.717, 1.165) is 24.7 Å². The summed E-state index contributed by atoms with van der Waals surface area (Å²) >= 11 is 0. The number of hydrogen-bond donors (Lipinski definition) is 1. The van der Waals surface area contributed by atoms with E-state index in [9.17, 15) is 0 Å².